The highest BCUT2D eigenvalue weighted by molar-refractivity contribution is 5.94. The molecular formula is C16H24ClN3O2. The Labute approximate surface area is 137 Å². The Morgan fingerprint density at radius 2 is 2.05 bits per heavy atom. The van der Waals surface area contributed by atoms with Gasteiger partial charge < -0.3 is 16.4 Å². The number of piperidine rings is 1. The van der Waals surface area contributed by atoms with Crippen LogP contribution < -0.4 is 16.4 Å². The van der Waals surface area contributed by atoms with E-state index in [4.69, 9.17) is 5.73 Å². The number of anilines is 1. The standard InChI is InChI=1S/C16H23N3O2.ClH/c1-11(13-3-2-8-18-10-13)9-15(20)19-14-6-4-12(5-7-14)16(17)21;/h4-7,11,13,18H,2-3,8-10H2,1H3,(H2,17,21)(H,19,20);1H. The summed E-state index contributed by atoms with van der Waals surface area (Å²) in [7, 11) is 0. The number of benzene rings is 1. The van der Waals surface area contributed by atoms with Crippen molar-refractivity contribution < 1.29 is 9.59 Å². The number of hydrogen-bond acceptors (Lipinski definition) is 3. The number of nitrogens with one attached hydrogen (secondary N) is 2. The first-order valence-electron chi connectivity index (χ1n) is 7.46. The fraction of sp³-hybridized carbons (Fsp3) is 0.500. The summed E-state index contributed by atoms with van der Waals surface area (Å²) in [6.45, 7) is 4.22. The molecule has 0 aromatic heterocycles. The van der Waals surface area contributed by atoms with Crippen LogP contribution in [0.2, 0.25) is 0 Å². The second-order valence-electron chi connectivity index (χ2n) is 5.78. The number of primary amides is 1. The van der Waals surface area contributed by atoms with Gasteiger partial charge in [-0.05, 0) is 62.0 Å². The minimum Gasteiger partial charge on any atom is -0.366 e. The van der Waals surface area contributed by atoms with Crippen molar-refractivity contribution in [2.24, 2.45) is 17.6 Å². The van der Waals surface area contributed by atoms with E-state index in [0.717, 1.165) is 13.1 Å². The third kappa shape index (κ3) is 5.31. The van der Waals surface area contributed by atoms with E-state index in [0.29, 0.717) is 29.5 Å². The largest absolute Gasteiger partial charge is 0.366 e. The molecule has 5 nitrogen and oxygen atoms in total. The van der Waals surface area contributed by atoms with E-state index < -0.39 is 5.91 Å². The molecular weight excluding hydrogens is 302 g/mol. The number of hydrogen-bond donors (Lipinski definition) is 3. The summed E-state index contributed by atoms with van der Waals surface area (Å²) >= 11 is 0. The maximum atomic E-state index is 12.1. The van der Waals surface area contributed by atoms with Gasteiger partial charge >= 0.3 is 0 Å². The Morgan fingerprint density at radius 3 is 2.59 bits per heavy atom. The number of amides is 2. The Hall–Kier alpha value is -1.59. The fourth-order valence-corrected chi connectivity index (χ4v) is 2.75. The summed E-state index contributed by atoms with van der Waals surface area (Å²) in [6.07, 6.45) is 2.89. The molecule has 22 heavy (non-hydrogen) atoms. The van der Waals surface area contributed by atoms with Crippen molar-refractivity contribution in [3.8, 4) is 0 Å². The first kappa shape index (κ1) is 18.5. The molecule has 1 heterocycles. The molecule has 0 aliphatic carbocycles. The van der Waals surface area contributed by atoms with E-state index >= 15 is 0 Å². The zero-order valence-electron chi connectivity index (χ0n) is 12.8. The monoisotopic (exact) mass is 325 g/mol. The fourth-order valence-electron chi connectivity index (χ4n) is 2.75. The summed E-state index contributed by atoms with van der Waals surface area (Å²) in [5, 5.41) is 6.25. The van der Waals surface area contributed by atoms with Gasteiger partial charge in [-0.25, -0.2) is 0 Å². The lowest BCUT2D eigenvalue weighted by Crippen LogP contribution is -2.34. The molecule has 1 saturated heterocycles. The molecule has 1 aliphatic heterocycles. The van der Waals surface area contributed by atoms with Gasteiger partial charge in [0.15, 0.2) is 0 Å². The van der Waals surface area contributed by atoms with Crippen molar-refractivity contribution >= 4 is 29.9 Å². The molecule has 1 aromatic carbocycles. The molecule has 6 heteroatoms. The van der Waals surface area contributed by atoms with Crippen molar-refractivity contribution in [2.75, 3.05) is 18.4 Å². The van der Waals surface area contributed by atoms with Gasteiger partial charge in [0.25, 0.3) is 0 Å². The maximum absolute atomic E-state index is 12.1. The van der Waals surface area contributed by atoms with E-state index in [9.17, 15) is 9.59 Å². The van der Waals surface area contributed by atoms with Crippen molar-refractivity contribution in [1.29, 1.82) is 0 Å². The number of halogens is 1. The summed E-state index contributed by atoms with van der Waals surface area (Å²) in [5.74, 6) is 0.482. The lowest BCUT2D eigenvalue weighted by Gasteiger charge is -2.28. The normalized spacial score (nSPS) is 18.9. The summed E-state index contributed by atoms with van der Waals surface area (Å²) in [5.41, 5.74) is 6.31. The molecule has 1 aromatic rings. The highest BCUT2D eigenvalue weighted by Gasteiger charge is 2.21. The quantitative estimate of drug-likeness (QED) is 0.775. The SMILES string of the molecule is CC(CC(=O)Nc1ccc(C(N)=O)cc1)C1CCCNC1.Cl. The van der Waals surface area contributed by atoms with Crippen LogP contribution in [0.1, 0.15) is 36.5 Å². The average molecular weight is 326 g/mol. The average Bonchev–Trinajstić information content (AvgIpc) is 2.48. The highest BCUT2D eigenvalue weighted by atomic mass is 35.5. The number of carbonyl (C=O) groups is 2. The van der Waals surface area contributed by atoms with Gasteiger partial charge in [0.1, 0.15) is 0 Å². The molecule has 2 rings (SSSR count). The molecule has 0 radical (unpaired) electrons. The number of rotatable bonds is 5. The van der Waals surface area contributed by atoms with Crippen LogP contribution in [-0.2, 0) is 4.79 Å². The lowest BCUT2D eigenvalue weighted by atomic mass is 9.85. The van der Waals surface area contributed by atoms with Gasteiger partial charge in [-0.2, -0.15) is 0 Å². The van der Waals surface area contributed by atoms with E-state index in [1.165, 1.54) is 12.8 Å². The van der Waals surface area contributed by atoms with Gasteiger partial charge in [0, 0.05) is 17.7 Å². The second kappa shape index (κ2) is 8.76. The maximum Gasteiger partial charge on any atom is 0.248 e. The van der Waals surface area contributed by atoms with Crippen molar-refractivity contribution in [2.45, 2.75) is 26.2 Å². The Kier molecular flexibility index (Phi) is 7.35. The van der Waals surface area contributed by atoms with Crippen LogP contribution in [0, 0.1) is 11.8 Å². The number of carbonyl (C=O) groups excluding carboxylic acids is 2. The van der Waals surface area contributed by atoms with Crippen LogP contribution in [0.5, 0.6) is 0 Å². The minimum absolute atomic E-state index is 0. The third-order valence-electron chi connectivity index (χ3n) is 4.10. The predicted octanol–water partition coefficient (Wildman–Crippen LogP) is 2.17. The van der Waals surface area contributed by atoms with E-state index in [-0.39, 0.29) is 18.3 Å². The molecule has 0 spiro atoms. The Morgan fingerprint density at radius 1 is 1.36 bits per heavy atom. The highest BCUT2D eigenvalue weighted by Crippen LogP contribution is 2.23. The predicted molar refractivity (Wildman–Crippen MR) is 90.2 cm³/mol. The van der Waals surface area contributed by atoms with Crippen molar-refractivity contribution in [3.05, 3.63) is 29.8 Å². The van der Waals surface area contributed by atoms with Crippen LogP contribution in [0.3, 0.4) is 0 Å². The molecule has 122 valence electrons. The Balaban J connectivity index is 0.00000242. The van der Waals surface area contributed by atoms with Gasteiger partial charge in [-0.15, -0.1) is 12.4 Å². The van der Waals surface area contributed by atoms with E-state index in [2.05, 4.69) is 17.6 Å². The zero-order chi connectivity index (χ0) is 15.2. The minimum atomic E-state index is -0.466. The molecule has 0 bridgehead atoms. The molecule has 1 aliphatic rings. The van der Waals surface area contributed by atoms with Gasteiger partial charge in [-0.3, -0.25) is 9.59 Å². The van der Waals surface area contributed by atoms with Gasteiger partial charge in [0.05, 0.1) is 0 Å². The lowest BCUT2D eigenvalue weighted by molar-refractivity contribution is -0.117. The van der Waals surface area contributed by atoms with Crippen LogP contribution in [0.15, 0.2) is 24.3 Å². The van der Waals surface area contributed by atoms with Crippen LogP contribution in [-0.4, -0.2) is 24.9 Å². The zero-order valence-corrected chi connectivity index (χ0v) is 13.6. The van der Waals surface area contributed by atoms with Crippen LogP contribution in [0.4, 0.5) is 5.69 Å². The number of nitrogens with two attached hydrogens (primary N) is 1. The van der Waals surface area contributed by atoms with E-state index in [1.54, 1.807) is 24.3 Å². The molecule has 2 amide bonds. The van der Waals surface area contributed by atoms with E-state index in [1.807, 2.05) is 0 Å². The molecule has 4 N–H and O–H groups in total. The molecule has 2 unspecified atom stereocenters. The smallest absolute Gasteiger partial charge is 0.248 e. The van der Waals surface area contributed by atoms with Crippen LogP contribution >= 0.6 is 12.4 Å². The van der Waals surface area contributed by atoms with Crippen LogP contribution in [0.25, 0.3) is 0 Å². The molecule has 0 saturated carbocycles. The molecule has 2 atom stereocenters. The first-order chi connectivity index (χ1) is 10.1. The summed E-state index contributed by atoms with van der Waals surface area (Å²) in [4.78, 5) is 23.0. The van der Waals surface area contributed by atoms with Crippen molar-refractivity contribution in [1.82, 2.24) is 5.32 Å². The summed E-state index contributed by atoms with van der Waals surface area (Å²) < 4.78 is 0. The molecule has 1 fully saturated rings. The first-order valence-corrected chi connectivity index (χ1v) is 7.46. The topological polar surface area (TPSA) is 84.2 Å². The summed E-state index contributed by atoms with van der Waals surface area (Å²) in [6, 6.07) is 6.63. The van der Waals surface area contributed by atoms with Gasteiger partial charge in [-0.1, -0.05) is 6.92 Å². The Bertz CT molecular complexity index is 499. The van der Waals surface area contributed by atoms with Gasteiger partial charge in [0.2, 0.25) is 11.8 Å². The van der Waals surface area contributed by atoms with Crippen molar-refractivity contribution in [3.63, 3.8) is 0 Å². The second-order valence-corrected chi connectivity index (χ2v) is 5.78. The third-order valence-corrected chi connectivity index (χ3v) is 4.10.